The molecule has 2 aliphatic rings. The van der Waals surface area contributed by atoms with Crippen LogP contribution in [0.1, 0.15) is 11.1 Å². The molecule has 0 aliphatic carbocycles. The maximum Gasteiger partial charge on any atom is 0.417 e. The number of morpholine rings is 1. The van der Waals surface area contributed by atoms with Gasteiger partial charge >= 0.3 is 6.18 Å². The van der Waals surface area contributed by atoms with E-state index < -0.39 is 11.7 Å². The van der Waals surface area contributed by atoms with Gasteiger partial charge in [0.2, 0.25) is 5.95 Å². The first-order chi connectivity index (χ1) is 15.0. The molecular formula is C20H21F3N8O. The zero-order valence-corrected chi connectivity index (χ0v) is 17.1. The van der Waals surface area contributed by atoms with Gasteiger partial charge in [0.1, 0.15) is 12.1 Å². The third kappa shape index (κ3) is 4.06. The first-order valence-corrected chi connectivity index (χ1v) is 9.79. The highest BCUT2D eigenvalue weighted by molar-refractivity contribution is 5.76. The number of halogens is 3. The molecule has 0 radical (unpaired) electrons. The molecule has 0 aromatic carbocycles. The number of fused-ring (bicyclic) bond motifs is 1. The van der Waals surface area contributed by atoms with Gasteiger partial charge in [-0.05, 0) is 12.5 Å². The van der Waals surface area contributed by atoms with Crippen LogP contribution in [-0.2, 0) is 17.3 Å². The Morgan fingerprint density at radius 2 is 1.66 bits per heavy atom. The lowest BCUT2D eigenvalue weighted by molar-refractivity contribution is -0.137. The van der Waals surface area contributed by atoms with Crippen LogP contribution in [0.15, 0.2) is 37.2 Å². The highest BCUT2D eigenvalue weighted by Gasteiger charge is 2.34. The monoisotopic (exact) mass is 446 g/mol. The van der Waals surface area contributed by atoms with Gasteiger partial charge in [-0.15, -0.1) is 0 Å². The molecule has 32 heavy (non-hydrogen) atoms. The quantitative estimate of drug-likeness (QED) is 0.648. The fourth-order valence-electron chi connectivity index (χ4n) is 3.79. The smallest absolute Gasteiger partial charge is 0.378 e. The summed E-state index contributed by atoms with van der Waals surface area (Å²) in [5, 5.41) is 0. The van der Waals surface area contributed by atoms with Crippen LogP contribution in [0, 0.1) is 0 Å². The molecule has 3 aromatic rings. The standard InChI is InChI=1S/C20H18F3N7O.H3N/c21-20(22,23)14-7-15(11-24-10-14)30-2-1-16-17(13-8-25-12-26-9-13)27-19(28-18(16)30)29-3-5-31-6-4-29;/h7-12H,1-6H2;1H3. The van der Waals surface area contributed by atoms with E-state index in [0.29, 0.717) is 62.4 Å². The lowest BCUT2D eigenvalue weighted by atomic mass is 10.1. The van der Waals surface area contributed by atoms with Crippen LogP contribution in [0.25, 0.3) is 11.3 Å². The first kappa shape index (κ1) is 21.8. The molecule has 0 unspecified atom stereocenters. The van der Waals surface area contributed by atoms with E-state index >= 15 is 0 Å². The van der Waals surface area contributed by atoms with Gasteiger partial charge in [-0.2, -0.15) is 18.2 Å². The largest absolute Gasteiger partial charge is 0.417 e. The van der Waals surface area contributed by atoms with E-state index in [1.165, 1.54) is 12.5 Å². The molecule has 5 rings (SSSR count). The summed E-state index contributed by atoms with van der Waals surface area (Å²) in [6, 6.07) is 1.10. The van der Waals surface area contributed by atoms with Crippen LogP contribution in [0.3, 0.4) is 0 Å². The molecule has 1 fully saturated rings. The fraction of sp³-hybridized carbons (Fsp3) is 0.350. The van der Waals surface area contributed by atoms with Crippen molar-refractivity contribution in [3.8, 4) is 11.3 Å². The second-order valence-corrected chi connectivity index (χ2v) is 7.23. The maximum atomic E-state index is 13.2. The van der Waals surface area contributed by atoms with Gasteiger partial charge < -0.3 is 20.7 Å². The Labute approximate surface area is 181 Å². The number of hydrogen-bond donors (Lipinski definition) is 1. The average Bonchev–Trinajstić information content (AvgIpc) is 3.23. The number of anilines is 3. The minimum atomic E-state index is -4.47. The van der Waals surface area contributed by atoms with Crippen LogP contribution in [0.2, 0.25) is 0 Å². The summed E-state index contributed by atoms with van der Waals surface area (Å²) in [6.45, 7) is 2.86. The lowest BCUT2D eigenvalue weighted by Gasteiger charge is -2.28. The van der Waals surface area contributed by atoms with Crippen molar-refractivity contribution in [1.82, 2.24) is 31.1 Å². The molecule has 5 heterocycles. The van der Waals surface area contributed by atoms with Crippen LogP contribution in [0.5, 0.6) is 0 Å². The van der Waals surface area contributed by atoms with Gasteiger partial charge in [0.05, 0.1) is 36.4 Å². The van der Waals surface area contributed by atoms with Crippen molar-refractivity contribution < 1.29 is 17.9 Å². The number of hydrogen-bond acceptors (Lipinski definition) is 9. The van der Waals surface area contributed by atoms with Crippen molar-refractivity contribution in [2.45, 2.75) is 12.6 Å². The summed E-state index contributed by atoms with van der Waals surface area (Å²) in [5.74, 6) is 1.09. The Bertz CT molecular complexity index is 1090. The number of alkyl halides is 3. The van der Waals surface area contributed by atoms with Crippen molar-refractivity contribution in [3.63, 3.8) is 0 Å². The lowest BCUT2D eigenvalue weighted by Crippen LogP contribution is -2.37. The van der Waals surface area contributed by atoms with E-state index in [1.807, 2.05) is 4.90 Å². The van der Waals surface area contributed by atoms with E-state index in [4.69, 9.17) is 14.7 Å². The Morgan fingerprint density at radius 3 is 2.38 bits per heavy atom. The van der Waals surface area contributed by atoms with Crippen molar-refractivity contribution in [2.75, 3.05) is 42.6 Å². The minimum Gasteiger partial charge on any atom is -0.378 e. The molecule has 9 nitrogen and oxygen atoms in total. The third-order valence-electron chi connectivity index (χ3n) is 5.31. The molecule has 0 saturated carbocycles. The molecule has 168 valence electrons. The summed E-state index contributed by atoms with van der Waals surface area (Å²) >= 11 is 0. The minimum absolute atomic E-state index is 0. The zero-order chi connectivity index (χ0) is 21.4. The Morgan fingerprint density at radius 1 is 0.906 bits per heavy atom. The first-order valence-electron chi connectivity index (χ1n) is 9.79. The molecule has 0 atom stereocenters. The molecular weight excluding hydrogens is 425 g/mol. The van der Waals surface area contributed by atoms with Gasteiger partial charge in [0, 0.05) is 49.4 Å². The molecule has 1 saturated heterocycles. The highest BCUT2D eigenvalue weighted by atomic mass is 19.4. The third-order valence-corrected chi connectivity index (χ3v) is 5.31. The Kier molecular flexibility index (Phi) is 5.89. The Balaban J connectivity index is 0.00000245. The molecule has 0 spiro atoms. The summed E-state index contributed by atoms with van der Waals surface area (Å²) in [7, 11) is 0. The van der Waals surface area contributed by atoms with E-state index in [1.54, 1.807) is 17.3 Å². The van der Waals surface area contributed by atoms with Gasteiger partial charge in [-0.3, -0.25) is 4.98 Å². The van der Waals surface area contributed by atoms with E-state index in [0.717, 1.165) is 23.4 Å². The summed E-state index contributed by atoms with van der Waals surface area (Å²) in [5.41, 5.74) is 1.83. The summed E-state index contributed by atoms with van der Waals surface area (Å²) < 4.78 is 45.1. The number of ether oxygens (including phenoxy) is 1. The zero-order valence-electron chi connectivity index (χ0n) is 17.1. The number of nitrogens with zero attached hydrogens (tertiary/aromatic N) is 7. The predicted octanol–water partition coefficient (Wildman–Crippen LogP) is 3.04. The highest BCUT2D eigenvalue weighted by Crippen LogP contribution is 2.40. The second kappa shape index (κ2) is 8.63. The van der Waals surface area contributed by atoms with Gasteiger partial charge in [-0.25, -0.2) is 15.0 Å². The van der Waals surface area contributed by atoms with Gasteiger partial charge in [-0.1, -0.05) is 0 Å². The summed E-state index contributed by atoms with van der Waals surface area (Å²) in [4.78, 5) is 25.3. The molecule has 3 N–H and O–H groups in total. The van der Waals surface area contributed by atoms with Crippen LogP contribution in [-0.4, -0.2) is 57.8 Å². The second-order valence-electron chi connectivity index (χ2n) is 7.23. The SMILES string of the molecule is FC(F)(F)c1cncc(N2CCc3c(-c4cncnc4)nc(N4CCOCC4)nc32)c1.N. The van der Waals surface area contributed by atoms with Crippen molar-refractivity contribution in [1.29, 1.82) is 0 Å². The summed E-state index contributed by atoms with van der Waals surface area (Å²) in [6.07, 6.45) is 3.15. The van der Waals surface area contributed by atoms with Crippen molar-refractivity contribution in [2.24, 2.45) is 0 Å². The molecule has 0 amide bonds. The fourth-order valence-corrected chi connectivity index (χ4v) is 3.79. The molecule has 12 heteroatoms. The van der Waals surface area contributed by atoms with Crippen molar-refractivity contribution >= 4 is 17.5 Å². The molecule has 3 aromatic heterocycles. The molecule has 2 aliphatic heterocycles. The van der Waals surface area contributed by atoms with Crippen molar-refractivity contribution in [3.05, 3.63) is 48.3 Å². The van der Waals surface area contributed by atoms with E-state index in [2.05, 4.69) is 15.0 Å². The number of aromatic nitrogens is 5. The van der Waals surface area contributed by atoms with Crippen LogP contribution >= 0.6 is 0 Å². The predicted molar refractivity (Wildman–Crippen MR) is 111 cm³/mol. The van der Waals surface area contributed by atoms with Gasteiger partial charge in [0.15, 0.2) is 0 Å². The van der Waals surface area contributed by atoms with E-state index in [9.17, 15) is 13.2 Å². The molecule has 0 bridgehead atoms. The van der Waals surface area contributed by atoms with Gasteiger partial charge in [0.25, 0.3) is 0 Å². The number of pyridine rings is 1. The average molecular weight is 446 g/mol. The Hall–Kier alpha value is -3.38. The van der Waals surface area contributed by atoms with Crippen LogP contribution in [0.4, 0.5) is 30.6 Å². The number of rotatable bonds is 3. The maximum absolute atomic E-state index is 13.2. The van der Waals surface area contributed by atoms with Crippen LogP contribution < -0.4 is 16.0 Å². The topological polar surface area (TPSA) is 115 Å². The van der Waals surface area contributed by atoms with E-state index in [-0.39, 0.29) is 6.15 Å². The normalized spacial score (nSPS) is 16.0.